The summed E-state index contributed by atoms with van der Waals surface area (Å²) >= 11 is 0.356. The molecule has 0 heterocycles. The quantitative estimate of drug-likeness (QED) is 0.519. The lowest BCUT2D eigenvalue weighted by Gasteiger charge is -2.09. The van der Waals surface area contributed by atoms with E-state index in [9.17, 15) is 14.0 Å². The number of hydrogen-bond donors (Lipinski definition) is 3. The van der Waals surface area contributed by atoms with E-state index in [2.05, 4.69) is 14.8 Å². The SMILES string of the molecule is NSOC(=O)c1ccc(CNC(=O)NCCc2ccccc2)cc1F. The summed E-state index contributed by atoms with van der Waals surface area (Å²) in [6.07, 6.45) is 0.721. The lowest BCUT2D eigenvalue weighted by Crippen LogP contribution is -2.36. The van der Waals surface area contributed by atoms with Gasteiger partial charge in [-0.25, -0.2) is 19.1 Å². The lowest BCUT2D eigenvalue weighted by atomic mass is 10.1. The number of nitrogens with one attached hydrogen (secondary N) is 2. The minimum Gasteiger partial charge on any atom is -0.371 e. The third-order valence-corrected chi connectivity index (χ3v) is 3.62. The molecule has 4 N–H and O–H groups in total. The van der Waals surface area contributed by atoms with E-state index < -0.39 is 11.8 Å². The maximum absolute atomic E-state index is 13.9. The van der Waals surface area contributed by atoms with Gasteiger partial charge in [0.25, 0.3) is 0 Å². The Morgan fingerprint density at radius 3 is 2.52 bits per heavy atom. The van der Waals surface area contributed by atoms with Crippen LogP contribution in [0.2, 0.25) is 0 Å². The van der Waals surface area contributed by atoms with Crippen molar-refractivity contribution in [1.29, 1.82) is 0 Å². The minimum absolute atomic E-state index is 0.134. The first-order chi connectivity index (χ1) is 12.1. The van der Waals surface area contributed by atoms with Gasteiger partial charge in [-0.2, -0.15) is 0 Å². The summed E-state index contributed by atoms with van der Waals surface area (Å²) in [7, 11) is 0. The van der Waals surface area contributed by atoms with E-state index in [1.807, 2.05) is 30.3 Å². The van der Waals surface area contributed by atoms with Crippen LogP contribution in [0.15, 0.2) is 48.5 Å². The van der Waals surface area contributed by atoms with Gasteiger partial charge < -0.3 is 14.8 Å². The second kappa shape index (κ2) is 9.65. The molecule has 0 unspecified atom stereocenters. The Bertz CT molecular complexity index is 728. The summed E-state index contributed by atoms with van der Waals surface area (Å²) < 4.78 is 18.3. The number of amides is 2. The molecule has 2 aromatic rings. The van der Waals surface area contributed by atoms with Gasteiger partial charge in [-0.3, -0.25) is 0 Å². The number of halogens is 1. The van der Waals surface area contributed by atoms with Crippen LogP contribution in [0.1, 0.15) is 21.5 Å². The summed E-state index contributed by atoms with van der Waals surface area (Å²) in [5.74, 6) is -1.59. The molecule has 2 aromatic carbocycles. The van der Waals surface area contributed by atoms with Gasteiger partial charge in [-0.15, -0.1) is 0 Å². The van der Waals surface area contributed by atoms with E-state index in [1.54, 1.807) is 0 Å². The van der Waals surface area contributed by atoms with E-state index in [0.29, 0.717) is 24.3 Å². The third-order valence-electron chi connectivity index (χ3n) is 3.37. The average Bonchev–Trinajstić information content (AvgIpc) is 2.61. The molecule has 2 rings (SSSR count). The Labute approximate surface area is 149 Å². The largest absolute Gasteiger partial charge is 0.371 e. The lowest BCUT2D eigenvalue weighted by molar-refractivity contribution is 0.0763. The molecule has 0 bridgehead atoms. The predicted octanol–water partition coefficient (Wildman–Crippen LogP) is 2.55. The monoisotopic (exact) mass is 363 g/mol. The van der Waals surface area contributed by atoms with Crippen molar-refractivity contribution in [3.05, 3.63) is 71.0 Å². The first-order valence-corrected chi connectivity index (χ1v) is 8.32. The predicted molar refractivity (Wildman–Crippen MR) is 94.0 cm³/mol. The number of nitrogens with two attached hydrogens (primary N) is 1. The van der Waals surface area contributed by atoms with Crippen LogP contribution in [0.3, 0.4) is 0 Å². The maximum atomic E-state index is 13.9. The van der Waals surface area contributed by atoms with Gasteiger partial charge in [-0.1, -0.05) is 36.4 Å². The zero-order valence-electron chi connectivity index (χ0n) is 13.3. The summed E-state index contributed by atoms with van der Waals surface area (Å²) in [6, 6.07) is 13.4. The molecule has 132 valence electrons. The first-order valence-electron chi connectivity index (χ1n) is 7.52. The molecule has 8 heteroatoms. The Morgan fingerprint density at radius 1 is 1.08 bits per heavy atom. The molecule has 0 aliphatic heterocycles. The van der Waals surface area contributed by atoms with Crippen molar-refractivity contribution in [2.75, 3.05) is 6.54 Å². The first kappa shape index (κ1) is 18.8. The zero-order chi connectivity index (χ0) is 18.1. The average molecular weight is 363 g/mol. The molecule has 0 atom stereocenters. The smallest absolute Gasteiger partial charge is 0.354 e. The number of carbonyl (C=O) groups is 2. The molecule has 0 saturated carbocycles. The molecule has 0 aliphatic carbocycles. The molecule has 6 nitrogen and oxygen atoms in total. The van der Waals surface area contributed by atoms with Crippen LogP contribution < -0.4 is 15.8 Å². The van der Waals surface area contributed by atoms with Gasteiger partial charge in [-0.05, 0) is 29.7 Å². The van der Waals surface area contributed by atoms with Crippen LogP contribution in [0.4, 0.5) is 9.18 Å². The highest BCUT2D eigenvalue weighted by molar-refractivity contribution is 7.92. The number of hydrogen-bond acceptors (Lipinski definition) is 5. The fourth-order valence-electron chi connectivity index (χ4n) is 2.13. The Balaban J connectivity index is 1.77. The van der Waals surface area contributed by atoms with Crippen molar-refractivity contribution in [3.63, 3.8) is 0 Å². The molecule has 0 aromatic heterocycles. The summed E-state index contributed by atoms with van der Waals surface area (Å²) in [5.41, 5.74) is 1.43. The maximum Gasteiger partial charge on any atom is 0.354 e. The van der Waals surface area contributed by atoms with Crippen molar-refractivity contribution < 1.29 is 18.2 Å². The fourth-order valence-corrected chi connectivity index (χ4v) is 2.31. The molecular weight excluding hydrogens is 345 g/mol. The topological polar surface area (TPSA) is 93.4 Å². The summed E-state index contributed by atoms with van der Waals surface area (Å²) in [6.45, 7) is 0.626. The van der Waals surface area contributed by atoms with Crippen LogP contribution in [-0.2, 0) is 17.1 Å². The van der Waals surface area contributed by atoms with Gasteiger partial charge in [0.1, 0.15) is 18.0 Å². The molecule has 0 saturated heterocycles. The van der Waals surface area contributed by atoms with Crippen molar-refractivity contribution in [2.45, 2.75) is 13.0 Å². The van der Waals surface area contributed by atoms with Crippen molar-refractivity contribution in [3.8, 4) is 0 Å². The van der Waals surface area contributed by atoms with E-state index in [1.165, 1.54) is 18.2 Å². The van der Waals surface area contributed by atoms with E-state index in [4.69, 9.17) is 5.14 Å². The Kier molecular flexibility index (Phi) is 7.24. The second-order valence-corrected chi connectivity index (χ2v) is 5.49. The standard InChI is InChI=1S/C17H18FN3O3S/c18-15-10-13(6-7-14(15)16(22)24-25-19)11-21-17(23)20-9-8-12-4-2-1-3-5-12/h1-7,10H,8-9,11,19H2,(H2,20,21,23). The third kappa shape index (κ3) is 6.09. The Morgan fingerprint density at radius 2 is 1.84 bits per heavy atom. The van der Waals surface area contributed by atoms with Crippen LogP contribution in [0.25, 0.3) is 0 Å². The van der Waals surface area contributed by atoms with Crippen molar-refractivity contribution in [1.82, 2.24) is 10.6 Å². The molecule has 0 aliphatic rings. The number of urea groups is 1. The van der Waals surface area contributed by atoms with Crippen molar-refractivity contribution in [2.24, 2.45) is 5.14 Å². The zero-order valence-corrected chi connectivity index (χ0v) is 14.1. The molecule has 0 radical (unpaired) electrons. The highest BCUT2D eigenvalue weighted by Crippen LogP contribution is 2.13. The van der Waals surface area contributed by atoms with Crippen LogP contribution in [0.5, 0.6) is 0 Å². The molecular formula is C17H18FN3O3S. The normalized spacial score (nSPS) is 10.2. The van der Waals surface area contributed by atoms with Gasteiger partial charge >= 0.3 is 12.0 Å². The van der Waals surface area contributed by atoms with Crippen LogP contribution in [0, 0.1) is 5.82 Å². The molecule has 25 heavy (non-hydrogen) atoms. The number of rotatable bonds is 7. The van der Waals surface area contributed by atoms with Crippen LogP contribution in [-0.4, -0.2) is 18.5 Å². The highest BCUT2D eigenvalue weighted by Gasteiger charge is 2.14. The van der Waals surface area contributed by atoms with E-state index >= 15 is 0 Å². The second-order valence-electron chi connectivity index (χ2n) is 5.13. The van der Waals surface area contributed by atoms with Gasteiger partial charge in [0.2, 0.25) is 0 Å². The van der Waals surface area contributed by atoms with E-state index in [-0.39, 0.29) is 18.1 Å². The summed E-state index contributed by atoms with van der Waals surface area (Å²) in [4.78, 5) is 23.2. The Hall–Kier alpha value is -2.58. The number of benzene rings is 2. The fraction of sp³-hybridized carbons (Fsp3) is 0.176. The van der Waals surface area contributed by atoms with Gasteiger partial charge in [0.05, 0.1) is 5.56 Å². The van der Waals surface area contributed by atoms with E-state index in [0.717, 1.165) is 12.0 Å². The molecule has 0 fully saturated rings. The molecule has 0 spiro atoms. The minimum atomic E-state index is -0.858. The van der Waals surface area contributed by atoms with Gasteiger partial charge in [0.15, 0.2) is 0 Å². The summed E-state index contributed by atoms with van der Waals surface area (Å²) in [5, 5.41) is 10.4. The van der Waals surface area contributed by atoms with Crippen molar-refractivity contribution >= 4 is 24.2 Å². The van der Waals surface area contributed by atoms with Gasteiger partial charge in [0, 0.05) is 13.1 Å². The highest BCUT2D eigenvalue weighted by atomic mass is 32.2. The molecule has 2 amide bonds. The van der Waals surface area contributed by atoms with Crippen LogP contribution >= 0.6 is 12.2 Å². The number of carbonyl (C=O) groups excluding carboxylic acids is 2.